The highest BCUT2D eigenvalue weighted by Crippen LogP contribution is 2.34. The van der Waals surface area contributed by atoms with Crippen LogP contribution in [0.4, 0.5) is 17.2 Å². The third-order valence-electron chi connectivity index (χ3n) is 3.93. The third kappa shape index (κ3) is 3.30. The average molecular weight is 322 g/mol. The van der Waals surface area contributed by atoms with Crippen LogP contribution in [0.25, 0.3) is 0 Å². The summed E-state index contributed by atoms with van der Waals surface area (Å²) in [5, 5.41) is 12.1. The maximum absolute atomic E-state index is 12.2. The van der Waals surface area contributed by atoms with E-state index >= 15 is 0 Å². The molecule has 1 saturated heterocycles. The van der Waals surface area contributed by atoms with Crippen molar-refractivity contribution in [2.45, 2.75) is 19.3 Å². The van der Waals surface area contributed by atoms with Gasteiger partial charge in [0.05, 0.1) is 12.8 Å². The molecule has 1 amide bonds. The summed E-state index contributed by atoms with van der Waals surface area (Å²) >= 11 is 0. The highest BCUT2D eigenvalue weighted by atomic mass is 16.5. The Kier molecular flexibility index (Phi) is 4.62. The van der Waals surface area contributed by atoms with Crippen molar-refractivity contribution >= 4 is 23.1 Å². The van der Waals surface area contributed by atoms with Crippen LogP contribution in [0.15, 0.2) is 36.4 Å². The fourth-order valence-corrected chi connectivity index (χ4v) is 2.75. The van der Waals surface area contributed by atoms with Gasteiger partial charge in [-0.2, -0.15) is 5.26 Å². The molecule has 0 aliphatic carbocycles. The largest absolute Gasteiger partial charge is 0.495 e. The molecule has 1 fully saturated rings. The van der Waals surface area contributed by atoms with E-state index in [0.29, 0.717) is 30.2 Å². The first kappa shape index (κ1) is 15.8. The van der Waals surface area contributed by atoms with Gasteiger partial charge in [-0.25, -0.2) is 4.98 Å². The van der Waals surface area contributed by atoms with Gasteiger partial charge in [0.2, 0.25) is 5.91 Å². The van der Waals surface area contributed by atoms with Crippen molar-refractivity contribution in [2.24, 2.45) is 0 Å². The molecule has 0 spiro atoms. The summed E-state index contributed by atoms with van der Waals surface area (Å²) < 4.78 is 5.41. The van der Waals surface area contributed by atoms with Gasteiger partial charge in [-0.15, -0.1) is 0 Å². The minimum Gasteiger partial charge on any atom is -0.495 e. The van der Waals surface area contributed by atoms with Crippen molar-refractivity contribution in [1.82, 2.24) is 4.98 Å². The first-order valence-electron chi connectivity index (χ1n) is 7.84. The maximum Gasteiger partial charge on any atom is 0.227 e. The van der Waals surface area contributed by atoms with E-state index in [2.05, 4.69) is 10.3 Å². The summed E-state index contributed by atoms with van der Waals surface area (Å²) in [7, 11) is 1.60. The molecule has 0 bridgehead atoms. The van der Waals surface area contributed by atoms with Crippen molar-refractivity contribution in [3.05, 3.63) is 42.1 Å². The van der Waals surface area contributed by atoms with E-state index in [4.69, 9.17) is 10.00 Å². The molecular weight excluding hydrogens is 304 g/mol. The fourth-order valence-electron chi connectivity index (χ4n) is 2.75. The number of ether oxygens (including phenoxy) is 1. The van der Waals surface area contributed by atoms with E-state index in [1.54, 1.807) is 30.2 Å². The molecule has 1 aromatic carbocycles. The SMILES string of the molecule is COc1ccc(Nc2cccc(C#N)n2)cc1N1CCCCC1=O. The van der Waals surface area contributed by atoms with Crippen LogP contribution in [-0.2, 0) is 4.79 Å². The first-order valence-corrected chi connectivity index (χ1v) is 7.84. The van der Waals surface area contributed by atoms with Crippen LogP contribution < -0.4 is 15.0 Å². The Morgan fingerprint density at radius 3 is 2.92 bits per heavy atom. The molecular formula is C18H18N4O2. The number of aromatic nitrogens is 1. The second-order valence-corrected chi connectivity index (χ2v) is 5.53. The Morgan fingerprint density at radius 1 is 1.29 bits per heavy atom. The second-order valence-electron chi connectivity index (χ2n) is 5.53. The minimum atomic E-state index is 0.112. The zero-order valence-corrected chi connectivity index (χ0v) is 13.5. The molecule has 0 atom stereocenters. The van der Waals surface area contributed by atoms with Crippen LogP contribution in [0, 0.1) is 11.3 Å². The van der Waals surface area contributed by atoms with Gasteiger partial charge in [0.15, 0.2) is 0 Å². The smallest absolute Gasteiger partial charge is 0.227 e. The van der Waals surface area contributed by atoms with Crippen molar-refractivity contribution in [2.75, 3.05) is 23.9 Å². The lowest BCUT2D eigenvalue weighted by Crippen LogP contribution is -2.35. The van der Waals surface area contributed by atoms with Crippen LogP contribution in [-0.4, -0.2) is 24.5 Å². The van der Waals surface area contributed by atoms with Crippen LogP contribution >= 0.6 is 0 Å². The summed E-state index contributed by atoms with van der Waals surface area (Å²) in [6, 6.07) is 12.8. The van der Waals surface area contributed by atoms with Gasteiger partial charge >= 0.3 is 0 Å². The van der Waals surface area contributed by atoms with Crippen LogP contribution in [0.1, 0.15) is 25.0 Å². The quantitative estimate of drug-likeness (QED) is 0.935. The molecule has 2 aromatic rings. The van der Waals surface area contributed by atoms with Gasteiger partial charge in [0.1, 0.15) is 23.3 Å². The molecule has 3 rings (SSSR count). The summed E-state index contributed by atoms with van der Waals surface area (Å²) in [6.07, 6.45) is 2.48. The van der Waals surface area contributed by atoms with Crippen molar-refractivity contribution in [3.8, 4) is 11.8 Å². The molecule has 1 aromatic heterocycles. The number of amides is 1. The predicted octanol–water partition coefficient (Wildman–Crippen LogP) is 3.22. The van der Waals surface area contributed by atoms with Crippen molar-refractivity contribution < 1.29 is 9.53 Å². The fraction of sp³-hybridized carbons (Fsp3) is 0.278. The number of methoxy groups -OCH3 is 1. The highest BCUT2D eigenvalue weighted by molar-refractivity contribution is 5.96. The number of nitrogens with zero attached hydrogens (tertiary/aromatic N) is 3. The maximum atomic E-state index is 12.2. The van der Waals surface area contributed by atoms with Gasteiger partial charge in [-0.1, -0.05) is 6.07 Å². The lowest BCUT2D eigenvalue weighted by Gasteiger charge is -2.28. The predicted molar refractivity (Wildman–Crippen MR) is 91.4 cm³/mol. The van der Waals surface area contributed by atoms with E-state index < -0.39 is 0 Å². The first-order chi connectivity index (χ1) is 11.7. The Morgan fingerprint density at radius 2 is 2.17 bits per heavy atom. The Balaban J connectivity index is 1.91. The Labute approximate surface area is 140 Å². The number of pyridine rings is 1. The lowest BCUT2D eigenvalue weighted by atomic mass is 10.1. The van der Waals surface area contributed by atoms with E-state index in [9.17, 15) is 4.79 Å². The summed E-state index contributed by atoms with van der Waals surface area (Å²) in [4.78, 5) is 18.2. The number of rotatable bonds is 4. The number of nitriles is 1. The molecule has 1 aliphatic heterocycles. The monoisotopic (exact) mass is 322 g/mol. The van der Waals surface area contributed by atoms with E-state index in [1.165, 1.54) is 0 Å². The number of nitrogens with one attached hydrogen (secondary N) is 1. The standard InChI is InChI=1S/C18H18N4O2/c1-24-16-9-8-13(20-17-6-4-5-14(12-19)21-17)11-15(16)22-10-3-2-7-18(22)23/h4-6,8-9,11H,2-3,7,10H2,1H3,(H,20,21). The topological polar surface area (TPSA) is 78.2 Å². The van der Waals surface area contributed by atoms with Crippen LogP contribution in [0.3, 0.4) is 0 Å². The van der Waals surface area contributed by atoms with E-state index in [-0.39, 0.29) is 5.91 Å². The van der Waals surface area contributed by atoms with Gasteiger partial charge in [-0.3, -0.25) is 4.79 Å². The summed E-state index contributed by atoms with van der Waals surface area (Å²) in [5.74, 6) is 1.35. The zero-order chi connectivity index (χ0) is 16.9. The number of carbonyl (C=O) groups excluding carboxylic acids is 1. The van der Waals surface area contributed by atoms with Gasteiger partial charge < -0.3 is 15.0 Å². The molecule has 1 aliphatic rings. The third-order valence-corrected chi connectivity index (χ3v) is 3.93. The number of hydrogen-bond donors (Lipinski definition) is 1. The summed E-state index contributed by atoms with van der Waals surface area (Å²) in [5.41, 5.74) is 1.88. The van der Waals surface area contributed by atoms with Gasteiger partial charge in [0.25, 0.3) is 0 Å². The molecule has 24 heavy (non-hydrogen) atoms. The lowest BCUT2D eigenvalue weighted by molar-refractivity contribution is -0.119. The minimum absolute atomic E-state index is 0.112. The molecule has 122 valence electrons. The highest BCUT2D eigenvalue weighted by Gasteiger charge is 2.22. The molecule has 6 nitrogen and oxygen atoms in total. The molecule has 0 saturated carbocycles. The molecule has 2 heterocycles. The van der Waals surface area contributed by atoms with Crippen LogP contribution in [0.5, 0.6) is 5.75 Å². The summed E-state index contributed by atoms with van der Waals surface area (Å²) in [6.45, 7) is 0.695. The zero-order valence-electron chi connectivity index (χ0n) is 13.5. The normalized spacial score (nSPS) is 14.2. The van der Waals surface area contributed by atoms with Crippen LogP contribution in [0.2, 0.25) is 0 Å². The van der Waals surface area contributed by atoms with E-state index in [1.807, 2.05) is 24.3 Å². The molecule has 1 N–H and O–H groups in total. The molecule has 0 radical (unpaired) electrons. The van der Waals surface area contributed by atoms with Gasteiger partial charge in [0, 0.05) is 18.7 Å². The van der Waals surface area contributed by atoms with Crippen molar-refractivity contribution in [3.63, 3.8) is 0 Å². The number of piperidine rings is 1. The number of benzene rings is 1. The molecule has 0 unspecified atom stereocenters. The Bertz CT molecular complexity index is 798. The van der Waals surface area contributed by atoms with Gasteiger partial charge in [-0.05, 0) is 43.2 Å². The molecule has 6 heteroatoms. The number of anilines is 3. The Hall–Kier alpha value is -3.07. The number of hydrogen-bond acceptors (Lipinski definition) is 5. The second kappa shape index (κ2) is 7.01. The van der Waals surface area contributed by atoms with E-state index in [0.717, 1.165) is 24.2 Å². The average Bonchev–Trinajstić information content (AvgIpc) is 2.62. The number of carbonyl (C=O) groups is 1. The van der Waals surface area contributed by atoms with Crippen molar-refractivity contribution in [1.29, 1.82) is 5.26 Å².